The first-order valence-corrected chi connectivity index (χ1v) is 8.48. The largest absolute Gasteiger partial charge is 0.350 e. The number of nitrogens with one attached hydrogen (secondary N) is 1. The third kappa shape index (κ3) is 2.50. The summed E-state index contributed by atoms with van der Waals surface area (Å²) in [5.41, 5.74) is 2.96. The minimum atomic E-state index is 0.125. The van der Waals surface area contributed by atoms with E-state index in [1.807, 2.05) is 54.0 Å². The fourth-order valence-corrected chi connectivity index (χ4v) is 3.71. The van der Waals surface area contributed by atoms with Crippen molar-refractivity contribution in [2.24, 2.45) is 7.05 Å². The maximum atomic E-state index is 13.1. The number of nitrogens with zero attached hydrogens (tertiary/aromatic N) is 3. The molecule has 1 atom stereocenters. The van der Waals surface area contributed by atoms with Crippen molar-refractivity contribution in [3.63, 3.8) is 0 Å². The standard InChI is InChI=1S/C19H22N4O/c1-13-10-20-18(21-13)14-6-5-9-23(11-14)19(24)16-12-22(2)17-8-4-3-7-15(16)17/h3-4,7-8,10,12,14H,5-6,9,11H2,1-2H3,(H,20,21)/t14-/m0/s1. The Morgan fingerprint density at radius 3 is 2.96 bits per heavy atom. The summed E-state index contributed by atoms with van der Waals surface area (Å²) in [5.74, 6) is 1.43. The number of para-hydroxylation sites is 1. The molecule has 1 aromatic carbocycles. The van der Waals surface area contributed by atoms with E-state index in [1.54, 1.807) is 0 Å². The van der Waals surface area contributed by atoms with E-state index in [-0.39, 0.29) is 5.91 Å². The van der Waals surface area contributed by atoms with Crippen LogP contribution < -0.4 is 0 Å². The lowest BCUT2D eigenvalue weighted by Gasteiger charge is -2.31. The lowest BCUT2D eigenvalue weighted by molar-refractivity contribution is 0.0706. The van der Waals surface area contributed by atoms with Crippen LogP contribution in [0.5, 0.6) is 0 Å². The van der Waals surface area contributed by atoms with Crippen LogP contribution in [0.1, 0.15) is 40.6 Å². The minimum absolute atomic E-state index is 0.125. The number of amides is 1. The number of H-pyrrole nitrogens is 1. The van der Waals surface area contributed by atoms with Gasteiger partial charge in [-0.05, 0) is 25.8 Å². The third-order valence-corrected chi connectivity index (χ3v) is 4.95. The van der Waals surface area contributed by atoms with E-state index in [0.717, 1.165) is 53.9 Å². The topological polar surface area (TPSA) is 53.9 Å². The Labute approximate surface area is 141 Å². The van der Waals surface area contributed by atoms with Gasteiger partial charge in [0.2, 0.25) is 0 Å². The monoisotopic (exact) mass is 322 g/mol. The molecule has 124 valence electrons. The highest BCUT2D eigenvalue weighted by molar-refractivity contribution is 6.07. The average molecular weight is 322 g/mol. The highest BCUT2D eigenvalue weighted by atomic mass is 16.2. The summed E-state index contributed by atoms with van der Waals surface area (Å²) >= 11 is 0. The molecule has 0 radical (unpaired) electrons. The van der Waals surface area contributed by atoms with Gasteiger partial charge >= 0.3 is 0 Å². The van der Waals surface area contributed by atoms with E-state index < -0.39 is 0 Å². The van der Waals surface area contributed by atoms with E-state index in [9.17, 15) is 4.79 Å². The smallest absolute Gasteiger partial charge is 0.256 e. The Morgan fingerprint density at radius 2 is 2.17 bits per heavy atom. The lowest BCUT2D eigenvalue weighted by atomic mass is 9.96. The summed E-state index contributed by atoms with van der Waals surface area (Å²) in [4.78, 5) is 22.9. The van der Waals surface area contributed by atoms with Crippen LogP contribution in [0.4, 0.5) is 0 Å². The second-order valence-corrected chi connectivity index (χ2v) is 6.71. The van der Waals surface area contributed by atoms with E-state index in [4.69, 9.17) is 0 Å². The van der Waals surface area contributed by atoms with E-state index >= 15 is 0 Å². The molecular formula is C19H22N4O. The van der Waals surface area contributed by atoms with Gasteiger partial charge in [-0.25, -0.2) is 4.98 Å². The van der Waals surface area contributed by atoms with Crippen LogP contribution in [0, 0.1) is 6.92 Å². The Hall–Kier alpha value is -2.56. The van der Waals surface area contributed by atoms with Crippen molar-refractivity contribution < 1.29 is 4.79 Å². The minimum Gasteiger partial charge on any atom is -0.350 e. The Morgan fingerprint density at radius 1 is 1.33 bits per heavy atom. The molecule has 0 aliphatic carbocycles. The normalized spacial score (nSPS) is 18.2. The number of hydrogen-bond donors (Lipinski definition) is 1. The molecule has 1 saturated heterocycles. The molecule has 3 heterocycles. The number of likely N-dealkylation sites (tertiary alicyclic amines) is 1. The summed E-state index contributed by atoms with van der Waals surface area (Å²) in [7, 11) is 1.99. The van der Waals surface area contributed by atoms with Crippen molar-refractivity contribution in [1.82, 2.24) is 19.4 Å². The predicted octanol–water partition coefficient (Wildman–Crippen LogP) is 3.23. The SMILES string of the molecule is Cc1cnc([C@H]2CCCN(C(=O)c3cn(C)c4ccccc34)C2)[nH]1. The first-order valence-electron chi connectivity index (χ1n) is 8.48. The molecule has 1 aliphatic rings. The van der Waals surface area contributed by atoms with Crippen molar-refractivity contribution in [2.45, 2.75) is 25.7 Å². The summed E-state index contributed by atoms with van der Waals surface area (Å²) in [6.07, 6.45) is 5.90. The summed E-state index contributed by atoms with van der Waals surface area (Å²) in [6, 6.07) is 8.08. The van der Waals surface area contributed by atoms with Crippen LogP contribution in [-0.2, 0) is 7.05 Å². The van der Waals surface area contributed by atoms with Gasteiger partial charge in [-0.1, -0.05) is 18.2 Å². The zero-order valence-corrected chi connectivity index (χ0v) is 14.1. The number of aromatic nitrogens is 3. The van der Waals surface area contributed by atoms with Crippen molar-refractivity contribution >= 4 is 16.8 Å². The van der Waals surface area contributed by atoms with Gasteiger partial charge in [-0.3, -0.25) is 4.79 Å². The van der Waals surface area contributed by atoms with Gasteiger partial charge in [0.25, 0.3) is 5.91 Å². The number of piperidine rings is 1. The Bertz CT molecular complexity index is 892. The highest BCUT2D eigenvalue weighted by Gasteiger charge is 2.28. The number of fused-ring (bicyclic) bond motifs is 1. The molecule has 4 rings (SSSR count). The summed E-state index contributed by atoms with van der Waals surface area (Å²) in [6.45, 7) is 3.56. The van der Waals surface area contributed by atoms with Gasteiger partial charge in [-0.2, -0.15) is 0 Å². The van der Waals surface area contributed by atoms with Crippen LogP contribution in [0.25, 0.3) is 10.9 Å². The maximum Gasteiger partial charge on any atom is 0.256 e. The molecular weight excluding hydrogens is 300 g/mol. The van der Waals surface area contributed by atoms with E-state index in [2.05, 4.69) is 16.0 Å². The van der Waals surface area contributed by atoms with Crippen LogP contribution in [-0.4, -0.2) is 38.4 Å². The molecule has 0 saturated carbocycles. The molecule has 24 heavy (non-hydrogen) atoms. The fourth-order valence-electron chi connectivity index (χ4n) is 3.71. The molecule has 5 nitrogen and oxygen atoms in total. The number of aryl methyl sites for hydroxylation is 2. The molecule has 2 aromatic heterocycles. The molecule has 0 spiro atoms. The molecule has 5 heteroatoms. The number of hydrogen-bond acceptors (Lipinski definition) is 2. The quantitative estimate of drug-likeness (QED) is 0.787. The van der Waals surface area contributed by atoms with Crippen molar-refractivity contribution in [2.75, 3.05) is 13.1 Å². The Balaban J connectivity index is 1.61. The number of carbonyl (C=O) groups is 1. The lowest BCUT2D eigenvalue weighted by Crippen LogP contribution is -2.39. The first kappa shape index (κ1) is 15.0. The van der Waals surface area contributed by atoms with E-state index in [0.29, 0.717) is 5.92 Å². The van der Waals surface area contributed by atoms with Crippen LogP contribution in [0.15, 0.2) is 36.7 Å². The number of aromatic amines is 1. The Kier molecular flexibility index (Phi) is 3.63. The maximum absolute atomic E-state index is 13.1. The summed E-state index contributed by atoms with van der Waals surface area (Å²) < 4.78 is 2.03. The van der Waals surface area contributed by atoms with Gasteiger partial charge < -0.3 is 14.5 Å². The highest BCUT2D eigenvalue weighted by Crippen LogP contribution is 2.28. The average Bonchev–Trinajstić information content (AvgIpc) is 3.19. The molecule has 1 aliphatic heterocycles. The van der Waals surface area contributed by atoms with Crippen LogP contribution in [0.2, 0.25) is 0 Å². The van der Waals surface area contributed by atoms with Gasteiger partial charge in [-0.15, -0.1) is 0 Å². The van der Waals surface area contributed by atoms with Gasteiger partial charge in [0.05, 0.1) is 5.56 Å². The second kappa shape index (κ2) is 5.82. The van der Waals surface area contributed by atoms with E-state index in [1.165, 1.54) is 0 Å². The number of imidazole rings is 1. The first-order chi connectivity index (χ1) is 11.6. The second-order valence-electron chi connectivity index (χ2n) is 6.71. The van der Waals surface area contributed by atoms with Gasteiger partial charge in [0.15, 0.2) is 0 Å². The molecule has 0 bridgehead atoms. The third-order valence-electron chi connectivity index (χ3n) is 4.95. The molecule has 1 fully saturated rings. The fraction of sp³-hybridized carbons (Fsp3) is 0.368. The van der Waals surface area contributed by atoms with Gasteiger partial charge in [0.1, 0.15) is 5.82 Å². The predicted molar refractivity (Wildman–Crippen MR) is 94.1 cm³/mol. The molecule has 0 unspecified atom stereocenters. The number of rotatable bonds is 2. The van der Waals surface area contributed by atoms with Crippen molar-refractivity contribution in [3.05, 3.63) is 53.7 Å². The summed E-state index contributed by atoms with van der Waals surface area (Å²) in [5, 5.41) is 1.03. The zero-order chi connectivity index (χ0) is 16.7. The number of carbonyl (C=O) groups excluding carboxylic acids is 1. The van der Waals surface area contributed by atoms with Crippen molar-refractivity contribution in [3.8, 4) is 0 Å². The van der Waals surface area contributed by atoms with Gasteiger partial charge in [0, 0.05) is 55.0 Å². The van der Waals surface area contributed by atoms with Crippen molar-refractivity contribution in [1.29, 1.82) is 0 Å². The van der Waals surface area contributed by atoms with Crippen LogP contribution in [0.3, 0.4) is 0 Å². The number of benzene rings is 1. The molecule has 1 N–H and O–H groups in total. The molecule has 1 amide bonds. The molecule has 3 aromatic rings. The van der Waals surface area contributed by atoms with Crippen LogP contribution >= 0.6 is 0 Å². The zero-order valence-electron chi connectivity index (χ0n) is 14.1.